The van der Waals surface area contributed by atoms with Gasteiger partial charge in [0.05, 0.1) is 6.04 Å². The summed E-state index contributed by atoms with van der Waals surface area (Å²) in [4.78, 5) is 8.30. The first-order chi connectivity index (χ1) is 8.74. The van der Waals surface area contributed by atoms with E-state index in [0.29, 0.717) is 0 Å². The van der Waals surface area contributed by atoms with Gasteiger partial charge in [-0.1, -0.05) is 6.92 Å². The van der Waals surface area contributed by atoms with Gasteiger partial charge in [-0.2, -0.15) is 0 Å². The number of anilines is 1. The first-order valence-electron chi connectivity index (χ1n) is 6.07. The van der Waals surface area contributed by atoms with Crippen LogP contribution in [-0.2, 0) is 0 Å². The Kier molecular flexibility index (Phi) is 3.89. The first-order valence-corrected chi connectivity index (χ1v) is 6.07. The molecule has 0 saturated carbocycles. The molecule has 0 aliphatic carbocycles. The summed E-state index contributed by atoms with van der Waals surface area (Å²) < 4.78 is 0. The summed E-state index contributed by atoms with van der Waals surface area (Å²) in [6, 6.07) is 3.91. The highest BCUT2D eigenvalue weighted by molar-refractivity contribution is 5.50. The van der Waals surface area contributed by atoms with Gasteiger partial charge in [-0.05, 0) is 36.7 Å². The highest BCUT2D eigenvalue weighted by Gasteiger charge is 2.17. The van der Waals surface area contributed by atoms with E-state index < -0.39 is 0 Å². The Bertz CT molecular complexity index is 479. The zero-order valence-corrected chi connectivity index (χ0v) is 10.7. The van der Waals surface area contributed by atoms with Crippen LogP contribution in [-0.4, -0.2) is 16.5 Å². The van der Waals surface area contributed by atoms with Crippen LogP contribution in [0.15, 0.2) is 36.9 Å². The molecule has 0 aliphatic heterocycles. The standard InChI is InChI=1S/C14H18N4/c1-3-18-14(11-4-6-16-8-10(11)2)12-9-17-7-5-13(12)15/h4-9,14,18H,3H2,1-2H3,(H2,15,17). The molecule has 0 amide bonds. The van der Waals surface area contributed by atoms with Crippen LogP contribution in [0.5, 0.6) is 0 Å². The van der Waals surface area contributed by atoms with Gasteiger partial charge in [0.15, 0.2) is 0 Å². The van der Waals surface area contributed by atoms with Gasteiger partial charge >= 0.3 is 0 Å². The molecule has 4 heteroatoms. The lowest BCUT2D eigenvalue weighted by molar-refractivity contribution is 0.626. The van der Waals surface area contributed by atoms with Crippen molar-refractivity contribution in [2.45, 2.75) is 19.9 Å². The lowest BCUT2D eigenvalue weighted by Crippen LogP contribution is -2.24. The average molecular weight is 242 g/mol. The van der Waals surface area contributed by atoms with E-state index in [-0.39, 0.29) is 6.04 Å². The van der Waals surface area contributed by atoms with Crippen molar-refractivity contribution in [2.75, 3.05) is 12.3 Å². The molecule has 3 N–H and O–H groups in total. The number of nitrogens with two attached hydrogens (primary N) is 1. The fourth-order valence-corrected chi connectivity index (χ4v) is 2.06. The van der Waals surface area contributed by atoms with E-state index in [4.69, 9.17) is 5.73 Å². The summed E-state index contributed by atoms with van der Waals surface area (Å²) in [5, 5.41) is 3.45. The molecular formula is C14H18N4. The Morgan fingerprint density at radius 2 is 1.89 bits per heavy atom. The zero-order chi connectivity index (χ0) is 13.0. The van der Waals surface area contributed by atoms with Crippen molar-refractivity contribution in [2.24, 2.45) is 0 Å². The van der Waals surface area contributed by atoms with Gasteiger partial charge in [0.1, 0.15) is 0 Å². The van der Waals surface area contributed by atoms with Crippen LogP contribution in [0.3, 0.4) is 0 Å². The number of nitrogens with one attached hydrogen (secondary N) is 1. The van der Waals surface area contributed by atoms with Gasteiger partial charge in [0, 0.05) is 36.0 Å². The second-order valence-corrected chi connectivity index (χ2v) is 4.23. The van der Waals surface area contributed by atoms with Crippen molar-refractivity contribution in [1.82, 2.24) is 15.3 Å². The maximum atomic E-state index is 6.04. The summed E-state index contributed by atoms with van der Waals surface area (Å²) in [6.45, 7) is 5.00. The van der Waals surface area contributed by atoms with Crippen LogP contribution in [0.25, 0.3) is 0 Å². The third-order valence-electron chi connectivity index (χ3n) is 2.98. The molecule has 0 aromatic carbocycles. The average Bonchev–Trinajstić information content (AvgIpc) is 2.38. The lowest BCUT2D eigenvalue weighted by Gasteiger charge is -2.21. The maximum Gasteiger partial charge on any atom is 0.0616 e. The van der Waals surface area contributed by atoms with E-state index in [0.717, 1.165) is 23.4 Å². The SMILES string of the molecule is CCNC(c1ccncc1C)c1cnccc1N. The maximum absolute atomic E-state index is 6.04. The minimum atomic E-state index is 0.0618. The molecule has 94 valence electrons. The van der Waals surface area contributed by atoms with Gasteiger partial charge < -0.3 is 11.1 Å². The molecule has 0 bridgehead atoms. The number of nitrogen functional groups attached to an aromatic ring is 1. The zero-order valence-electron chi connectivity index (χ0n) is 10.7. The van der Waals surface area contributed by atoms with E-state index in [9.17, 15) is 0 Å². The number of aromatic nitrogens is 2. The van der Waals surface area contributed by atoms with Crippen LogP contribution in [0, 0.1) is 6.92 Å². The molecule has 18 heavy (non-hydrogen) atoms. The molecule has 0 aliphatic rings. The van der Waals surface area contributed by atoms with E-state index in [1.165, 1.54) is 5.56 Å². The predicted octanol–water partition coefficient (Wildman–Crippen LogP) is 2.07. The molecule has 2 aromatic heterocycles. The largest absolute Gasteiger partial charge is 0.398 e. The summed E-state index contributed by atoms with van der Waals surface area (Å²) in [5.41, 5.74) is 10.1. The minimum absolute atomic E-state index is 0.0618. The molecule has 1 unspecified atom stereocenters. The molecule has 4 nitrogen and oxygen atoms in total. The third kappa shape index (κ3) is 2.49. The Morgan fingerprint density at radius 1 is 1.17 bits per heavy atom. The molecule has 0 radical (unpaired) electrons. The summed E-state index contributed by atoms with van der Waals surface area (Å²) in [6.07, 6.45) is 7.20. The minimum Gasteiger partial charge on any atom is -0.398 e. The normalized spacial score (nSPS) is 12.3. The second kappa shape index (κ2) is 5.60. The molecule has 1 atom stereocenters. The number of hydrogen-bond acceptors (Lipinski definition) is 4. The van der Waals surface area contributed by atoms with Crippen LogP contribution in [0.2, 0.25) is 0 Å². The highest BCUT2D eigenvalue weighted by atomic mass is 14.9. The van der Waals surface area contributed by atoms with Crippen LogP contribution in [0.4, 0.5) is 5.69 Å². The highest BCUT2D eigenvalue weighted by Crippen LogP contribution is 2.27. The number of pyridine rings is 2. The van der Waals surface area contributed by atoms with Gasteiger partial charge in [-0.3, -0.25) is 9.97 Å². The smallest absolute Gasteiger partial charge is 0.0616 e. The van der Waals surface area contributed by atoms with Crippen LogP contribution in [0.1, 0.15) is 29.7 Å². The van der Waals surface area contributed by atoms with Crippen molar-refractivity contribution in [1.29, 1.82) is 0 Å². The molecule has 0 fully saturated rings. The number of hydrogen-bond donors (Lipinski definition) is 2. The number of nitrogens with zero attached hydrogens (tertiary/aromatic N) is 2. The molecule has 0 saturated heterocycles. The van der Waals surface area contributed by atoms with E-state index in [2.05, 4.69) is 29.1 Å². The predicted molar refractivity (Wildman–Crippen MR) is 73.1 cm³/mol. The summed E-state index contributed by atoms with van der Waals surface area (Å²) in [5.74, 6) is 0. The topological polar surface area (TPSA) is 63.8 Å². The molecule has 2 rings (SSSR count). The Labute approximate surface area is 107 Å². The van der Waals surface area contributed by atoms with Crippen LogP contribution >= 0.6 is 0 Å². The van der Waals surface area contributed by atoms with Gasteiger partial charge in [0.25, 0.3) is 0 Å². The fourth-order valence-electron chi connectivity index (χ4n) is 2.06. The second-order valence-electron chi connectivity index (χ2n) is 4.23. The van der Waals surface area contributed by atoms with E-state index in [1.54, 1.807) is 12.4 Å². The first kappa shape index (κ1) is 12.5. The molecular weight excluding hydrogens is 224 g/mol. The monoisotopic (exact) mass is 242 g/mol. The lowest BCUT2D eigenvalue weighted by atomic mass is 9.96. The van der Waals surface area contributed by atoms with Crippen molar-refractivity contribution in [3.8, 4) is 0 Å². The van der Waals surface area contributed by atoms with Crippen molar-refractivity contribution in [3.63, 3.8) is 0 Å². The number of aryl methyl sites for hydroxylation is 1. The summed E-state index contributed by atoms with van der Waals surface area (Å²) in [7, 11) is 0. The Balaban J connectivity index is 2.47. The van der Waals surface area contributed by atoms with E-state index >= 15 is 0 Å². The summed E-state index contributed by atoms with van der Waals surface area (Å²) >= 11 is 0. The number of rotatable bonds is 4. The quantitative estimate of drug-likeness (QED) is 0.861. The van der Waals surface area contributed by atoms with Gasteiger partial charge in [-0.25, -0.2) is 0 Å². The fraction of sp³-hybridized carbons (Fsp3) is 0.286. The van der Waals surface area contributed by atoms with Crippen molar-refractivity contribution >= 4 is 5.69 Å². The van der Waals surface area contributed by atoms with Crippen molar-refractivity contribution < 1.29 is 0 Å². The Hall–Kier alpha value is -1.94. The molecule has 2 aromatic rings. The van der Waals surface area contributed by atoms with Gasteiger partial charge in [-0.15, -0.1) is 0 Å². The van der Waals surface area contributed by atoms with Gasteiger partial charge in [0.2, 0.25) is 0 Å². The Morgan fingerprint density at radius 3 is 2.56 bits per heavy atom. The molecule has 0 spiro atoms. The molecule has 2 heterocycles. The van der Waals surface area contributed by atoms with E-state index in [1.807, 2.05) is 24.5 Å². The van der Waals surface area contributed by atoms with Crippen LogP contribution < -0.4 is 11.1 Å². The van der Waals surface area contributed by atoms with Crippen molar-refractivity contribution in [3.05, 3.63) is 53.6 Å². The third-order valence-corrected chi connectivity index (χ3v) is 2.98.